The third kappa shape index (κ3) is 7.99. The number of aliphatic imine (C=N–C) groups is 1. The number of aryl methyl sites for hydroxylation is 1. The maximum absolute atomic E-state index is 12.7. The first-order chi connectivity index (χ1) is 17.6. The van der Waals surface area contributed by atoms with Crippen LogP contribution in [0.1, 0.15) is 18.4 Å². The fourth-order valence-corrected chi connectivity index (χ4v) is 5.05. The van der Waals surface area contributed by atoms with Crippen LogP contribution in [0.2, 0.25) is 5.02 Å². The van der Waals surface area contributed by atoms with Gasteiger partial charge in [-0.2, -0.15) is 8.42 Å². The van der Waals surface area contributed by atoms with E-state index in [1.807, 2.05) is 0 Å². The molecule has 1 aliphatic rings. The van der Waals surface area contributed by atoms with Gasteiger partial charge in [0.25, 0.3) is 0 Å². The Hall–Kier alpha value is -3.51. The second kappa shape index (κ2) is 12.6. The predicted octanol–water partition coefficient (Wildman–Crippen LogP) is 3.99. The number of amides is 2. The lowest BCUT2D eigenvalue weighted by molar-refractivity contribution is 0.165. The molecule has 0 unspecified atom stereocenters. The summed E-state index contributed by atoms with van der Waals surface area (Å²) in [4.78, 5) is 28.6. The van der Waals surface area contributed by atoms with Crippen molar-refractivity contribution in [1.82, 2.24) is 10.2 Å². The van der Waals surface area contributed by atoms with E-state index < -0.39 is 22.3 Å². The van der Waals surface area contributed by atoms with Crippen LogP contribution in [0.5, 0.6) is 11.5 Å². The number of benzene rings is 2. The number of alkyl carbamates (subject to hydrolysis) is 1. The van der Waals surface area contributed by atoms with Crippen LogP contribution in [-0.2, 0) is 19.6 Å². The monoisotopic (exact) mass is 553 g/mol. The normalized spacial score (nSPS) is 14.6. The molecule has 1 saturated heterocycles. The van der Waals surface area contributed by atoms with Crippen LogP contribution >= 0.6 is 11.6 Å². The number of halogens is 1. The molecule has 0 aliphatic carbocycles. The molecule has 0 atom stereocenters. The van der Waals surface area contributed by atoms with Crippen molar-refractivity contribution < 1.29 is 36.4 Å². The molecule has 0 spiro atoms. The van der Waals surface area contributed by atoms with Crippen LogP contribution < -0.4 is 14.2 Å². The lowest BCUT2D eigenvalue weighted by atomic mass is 9.98. The summed E-state index contributed by atoms with van der Waals surface area (Å²) in [5.41, 5.74) is 0.759. The zero-order chi connectivity index (χ0) is 27.0. The molecule has 1 fully saturated rings. The minimum atomic E-state index is -4.12. The van der Waals surface area contributed by atoms with Crippen molar-refractivity contribution >= 4 is 39.9 Å². The van der Waals surface area contributed by atoms with E-state index in [9.17, 15) is 18.0 Å². The van der Waals surface area contributed by atoms with Crippen molar-refractivity contribution in [3.05, 3.63) is 53.1 Å². The third-order valence-corrected chi connectivity index (χ3v) is 7.26. The summed E-state index contributed by atoms with van der Waals surface area (Å²) in [6.07, 6.45) is -0.203. The molecule has 0 aromatic heterocycles. The van der Waals surface area contributed by atoms with Gasteiger partial charge in [0.1, 0.15) is 16.4 Å². The number of methoxy groups -OCH3 is 2. The molecule has 2 aromatic rings. The topological polar surface area (TPSA) is 133 Å². The second-order valence-corrected chi connectivity index (χ2v) is 10.1. The van der Waals surface area contributed by atoms with Gasteiger partial charge in [-0.25, -0.2) is 9.59 Å². The van der Waals surface area contributed by atoms with Gasteiger partial charge in [0.05, 0.1) is 25.8 Å². The Balaban J connectivity index is 1.61. The van der Waals surface area contributed by atoms with E-state index in [1.165, 1.54) is 32.4 Å². The number of hydrogen-bond acceptors (Lipinski definition) is 8. The molecule has 0 bridgehead atoms. The van der Waals surface area contributed by atoms with E-state index in [1.54, 1.807) is 36.1 Å². The molecular weight excluding hydrogens is 526 g/mol. The van der Waals surface area contributed by atoms with Crippen molar-refractivity contribution in [2.75, 3.05) is 33.9 Å². The summed E-state index contributed by atoms with van der Waals surface area (Å²) in [5.74, 6) is 0.804. The molecule has 0 radical (unpaired) electrons. The first kappa shape index (κ1) is 28.1. The number of rotatable bonds is 6. The fourth-order valence-electron chi connectivity index (χ4n) is 3.64. The Morgan fingerprint density at radius 2 is 1.76 bits per heavy atom. The van der Waals surface area contributed by atoms with Crippen LogP contribution in [0.25, 0.3) is 0 Å². The molecule has 13 heteroatoms. The molecule has 3 rings (SSSR count). The number of carbonyl (C=O) groups excluding carboxylic acids is 2. The van der Waals surface area contributed by atoms with Crippen molar-refractivity contribution in [1.29, 1.82) is 0 Å². The van der Waals surface area contributed by atoms with E-state index in [0.717, 1.165) is 5.56 Å². The van der Waals surface area contributed by atoms with Gasteiger partial charge in [-0.15, -0.1) is 4.99 Å². The van der Waals surface area contributed by atoms with Gasteiger partial charge < -0.3 is 23.3 Å². The molecule has 1 N–H and O–H groups in total. The minimum Gasteiger partial charge on any atom is -0.493 e. The number of carbonyl (C=O) groups is 2. The van der Waals surface area contributed by atoms with E-state index in [2.05, 4.69) is 19.8 Å². The van der Waals surface area contributed by atoms with Gasteiger partial charge in [0, 0.05) is 19.2 Å². The Bertz CT molecular complexity index is 1260. The lowest BCUT2D eigenvalue weighted by Gasteiger charge is -2.33. The first-order valence-electron chi connectivity index (χ1n) is 11.3. The van der Waals surface area contributed by atoms with Gasteiger partial charge >= 0.3 is 22.3 Å². The number of ether oxygens (including phenoxy) is 3. The fraction of sp³-hybridized carbons (Fsp3) is 0.375. The summed E-state index contributed by atoms with van der Waals surface area (Å²) in [5, 5.41) is 2.50. The number of likely N-dealkylation sites (tertiary alicyclic amines) is 1. The number of hydrogen-bond donors (Lipinski definition) is 1. The SMILES string of the molecule is COC(=O)/N=C(/NC(=O)OC)N1CCC(COc2cc(C)cc(OS(=O)(=O)c3ccccc3Cl)c2)CC1. The highest BCUT2D eigenvalue weighted by Gasteiger charge is 2.25. The summed E-state index contributed by atoms with van der Waals surface area (Å²) in [6.45, 7) is 3.19. The standard InChI is InChI=1S/C24H28ClN3O8S/c1-16-12-18(14-19(13-16)36-37(31,32)21-7-5-4-6-20(21)25)35-15-17-8-10-28(11-9-17)22(26-23(29)33-2)27-24(30)34-3/h4-7,12-14,17H,8-11,15H2,1-3H3,(H,26,27,29,30). The van der Waals surface area contributed by atoms with Gasteiger partial charge in [-0.05, 0) is 55.5 Å². The number of nitrogens with zero attached hydrogens (tertiary/aromatic N) is 2. The molecular formula is C24H28ClN3O8S. The van der Waals surface area contributed by atoms with Crippen LogP contribution in [0, 0.1) is 12.8 Å². The summed E-state index contributed by atoms with van der Waals surface area (Å²) in [6, 6.07) is 10.9. The van der Waals surface area contributed by atoms with Crippen molar-refractivity contribution in [3.63, 3.8) is 0 Å². The Morgan fingerprint density at radius 1 is 1.08 bits per heavy atom. The third-order valence-electron chi connectivity index (χ3n) is 5.51. The summed E-state index contributed by atoms with van der Waals surface area (Å²) >= 11 is 6.02. The van der Waals surface area contributed by atoms with E-state index in [0.29, 0.717) is 38.3 Å². The maximum atomic E-state index is 12.7. The average Bonchev–Trinajstić information content (AvgIpc) is 2.86. The molecule has 2 amide bonds. The van der Waals surface area contributed by atoms with E-state index in [4.69, 9.17) is 20.5 Å². The smallest absolute Gasteiger partial charge is 0.436 e. The van der Waals surface area contributed by atoms with E-state index >= 15 is 0 Å². The highest BCUT2D eigenvalue weighted by Crippen LogP contribution is 2.29. The van der Waals surface area contributed by atoms with Crippen molar-refractivity contribution in [2.45, 2.75) is 24.7 Å². The Morgan fingerprint density at radius 3 is 2.41 bits per heavy atom. The van der Waals surface area contributed by atoms with E-state index in [-0.39, 0.29) is 27.5 Å². The second-order valence-electron chi connectivity index (χ2n) is 8.21. The molecule has 37 heavy (non-hydrogen) atoms. The maximum Gasteiger partial charge on any atom is 0.436 e. The van der Waals surface area contributed by atoms with Crippen LogP contribution in [0.4, 0.5) is 9.59 Å². The van der Waals surface area contributed by atoms with Crippen LogP contribution in [0.15, 0.2) is 52.4 Å². The lowest BCUT2D eigenvalue weighted by Crippen LogP contribution is -2.48. The van der Waals surface area contributed by atoms with Crippen LogP contribution in [-0.4, -0.2) is 65.4 Å². The van der Waals surface area contributed by atoms with Gasteiger partial charge in [0.2, 0.25) is 5.96 Å². The number of nitrogens with one attached hydrogen (secondary N) is 1. The largest absolute Gasteiger partial charge is 0.493 e. The number of guanidine groups is 1. The van der Waals surface area contributed by atoms with Crippen molar-refractivity contribution in [2.24, 2.45) is 10.9 Å². The molecule has 2 aromatic carbocycles. The minimum absolute atomic E-state index is 0.0540. The molecule has 1 aliphatic heterocycles. The van der Waals surface area contributed by atoms with Gasteiger partial charge in [-0.1, -0.05) is 23.7 Å². The summed E-state index contributed by atoms with van der Waals surface area (Å²) in [7, 11) is -1.72. The highest BCUT2D eigenvalue weighted by molar-refractivity contribution is 7.87. The quantitative estimate of drug-likeness (QED) is 0.320. The summed E-state index contributed by atoms with van der Waals surface area (Å²) < 4.78 is 45.8. The zero-order valence-corrected chi connectivity index (χ0v) is 22.2. The Kier molecular flexibility index (Phi) is 9.59. The van der Waals surface area contributed by atoms with Gasteiger partial charge in [-0.3, -0.25) is 5.32 Å². The Labute approximate surface area is 220 Å². The highest BCUT2D eigenvalue weighted by atomic mass is 35.5. The molecule has 200 valence electrons. The number of piperidine rings is 1. The zero-order valence-electron chi connectivity index (χ0n) is 20.6. The molecule has 11 nitrogen and oxygen atoms in total. The van der Waals surface area contributed by atoms with Crippen LogP contribution in [0.3, 0.4) is 0 Å². The molecule has 1 heterocycles. The predicted molar refractivity (Wildman–Crippen MR) is 136 cm³/mol. The molecule has 0 saturated carbocycles. The van der Waals surface area contributed by atoms with Crippen molar-refractivity contribution in [3.8, 4) is 11.5 Å². The average molecular weight is 554 g/mol. The van der Waals surface area contributed by atoms with Gasteiger partial charge in [0.15, 0.2) is 0 Å². The first-order valence-corrected chi connectivity index (χ1v) is 13.1.